The number of carboxylic acid groups (broad SMARTS) is 1. The Morgan fingerprint density at radius 2 is 2.30 bits per heavy atom. The van der Waals surface area contributed by atoms with Crippen LogP contribution in [-0.2, 0) is 4.74 Å². The van der Waals surface area contributed by atoms with Gasteiger partial charge in [0.25, 0.3) is 0 Å². The highest BCUT2D eigenvalue weighted by Gasteiger charge is 2.20. The van der Waals surface area contributed by atoms with Gasteiger partial charge in [0.1, 0.15) is 0 Å². The molecule has 0 saturated heterocycles. The van der Waals surface area contributed by atoms with Gasteiger partial charge in [0.15, 0.2) is 0 Å². The molecule has 0 spiro atoms. The molecular formula is C7H12O3. The molecule has 0 bridgehead atoms. The van der Waals surface area contributed by atoms with Crippen molar-refractivity contribution in [2.45, 2.75) is 25.7 Å². The maximum atomic E-state index is 9.84. The predicted molar refractivity (Wildman–Crippen MR) is 35.9 cm³/mol. The maximum Gasteiger partial charge on any atom is 0.505 e. The number of carbonyl (C=O) groups is 1. The predicted octanol–water partition coefficient (Wildman–Crippen LogP) is 1.87. The van der Waals surface area contributed by atoms with E-state index in [9.17, 15) is 4.79 Å². The Morgan fingerprint density at radius 3 is 2.80 bits per heavy atom. The second-order valence-corrected chi connectivity index (χ2v) is 2.70. The highest BCUT2D eigenvalue weighted by atomic mass is 16.7. The van der Waals surface area contributed by atoms with Crippen molar-refractivity contribution in [2.75, 3.05) is 6.61 Å². The molecule has 3 heteroatoms. The first-order chi connectivity index (χ1) is 4.79. The third-order valence-corrected chi connectivity index (χ3v) is 1.68. The van der Waals surface area contributed by atoms with Gasteiger partial charge in [-0.15, -0.1) is 0 Å². The van der Waals surface area contributed by atoms with E-state index in [2.05, 4.69) is 4.74 Å². The number of rotatable bonds is 4. The zero-order valence-corrected chi connectivity index (χ0v) is 5.88. The number of ether oxygens (including phenoxy) is 1. The van der Waals surface area contributed by atoms with Gasteiger partial charge in [-0.25, -0.2) is 4.79 Å². The maximum absolute atomic E-state index is 9.84. The molecule has 0 aromatic carbocycles. The van der Waals surface area contributed by atoms with Gasteiger partial charge in [0, 0.05) is 0 Å². The van der Waals surface area contributed by atoms with E-state index in [0.717, 1.165) is 18.8 Å². The van der Waals surface area contributed by atoms with Gasteiger partial charge in [0.05, 0.1) is 6.61 Å². The summed E-state index contributed by atoms with van der Waals surface area (Å²) >= 11 is 0. The van der Waals surface area contributed by atoms with Crippen LogP contribution in [0.5, 0.6) is 0 Å². The topological polar surface area (TPSA) is 46.5 Å². The van der Waals surface area contributed by atoms with Crippen LogP contribution in [0.1, 0.15) is 25.7 Å². The van der Waals surface area contributed by atoms with Crippen molar-refractivity contribution in [3.05, 3.63) is 0 Å². The summed E-state index contributed by atoms with van der Waals surface area (Å²) in [4.78, 5) is 9.84. The Labute approximate surface area is 60.0 Å². The lowest BCUT2D eigenvalue weighted by Crippen LogP contribution is -2.01. The minimum absolute atomic E-state index is 0.367. The molecule has 0 radical (unpaired) electrons. The summed E-state index contributed by atoms with van der Waals surface area (Å²) in [6.07, 6.45) is 3.51. The third kappa shape index (κ3) is 3.33. The molecule has 1 N–H and O–H groups in total. The summed E-state index contributed by atoms with van der Waals surface area (Å²) in [7, 11) is 0. The van der Waals surface area contributed by atoms with Gasteiger partial charge < -0.3 is 9.84 Å². The van der Waals surface area contributed by atoms with Crippen LogP contribution in [0.25, 0.3) is 0 Å². The molecule has 10 heavy (non-hydrogen) atoms. The normalized spacial score (nSPS) is 16.8. The highest BCUT2D eigenvalue weighted by Crippen LogP contribution is 2.33. The van der Waals surface area contributed by atoms with Crippen LogP contribution in [0, 0.1) is 5.92 Å². The Balaban J connectivity index is 1.80. The fourth-order valence-corrected chi connectivity index (χ4v) is 0.938. The molecule has 1 fully saturated rings. The van der Waals surface area contributed by atoms with E-state index in [1.165, 1.54) is 12.8 Å². The van der Waals surface area contributed by atoms with Gasteiger partial charge in [-0.3, -0.25) is 0 Å². The van der Waals surface area contributed by atoms with Gasteiger partial charge in [0.2, 0.25) is 0 Å². The molecule has 0 aromatic rings. The van der Waals surface area contributed by atoms with E-state index in [-0.39, 0.29) is 0 Å². The van der Waals surface area contributed by atoms with E-state index in [0.29, 0.717) is 6.61 Å². The quantitative estimate of drug-likeness (QED) is 0.484. The lowest BCUT2D eigenvalue weighted by Gasteiger charge is -1.97. The van der Waals surface area contributed by atoms with Crippen LogP contribution in [-0.4, -0.2) is 17.9 Å². The lowest BCUT2D eigenvalue weighted by molar-refractivity contribution is 0.0897. The SMILES string of the molecule is O=C(O)OCCCC1CC1. The summed E-state index contributed by atoms with van der Waals surface area (Å²) in [5.74, 6) is 0.873. The Hall–Kier alpha value is -0.730. The van der Waals surface area contributed by atoms with Gasteiger partial charge in [-0.2, -0.15) is 0 Å². The molecule has 0 amide bonds. The molecular weight excluding hydrogens is 132 g/mol. The Morgan fingerprint density at radius 1 is 1.60 bits per heavy atom. The molecule has 58 valence electrons. The van der Waals surface area contributed by atoms with Crippen molar-refractivity contribution in [2.24, 2.45) is 5.92 Å². The van der Waals surface area contributed by atoms with Crippen molar-refractivity contribution in [3.63, 3.8) is 0 Å². The zero-order chi connectivity index (χ0) is 7.40. The Kier molecular flexibility index (Phi) is 2.54. The van der Waals surface area contributed by atoms with E-state index in [1.807, 2.05) is 0 Å². The van der Waals surface area contributed by atoms with Crippen LogP contribution in [0.2, 0.25) is 0 Å². The van der Waals surface area contributed by atoms with Gasteiger partial charge in [-0.05, 0) is 18.8 Å². The molecule has 1 aliphatic carbocycles. The van der Waals surface area contributed by atoms with Crippen molar-refractivity contribution >= 4 is 6.16 Å². The molecule has 3 nitrogen and oxygen atoms in total. The third-order valence-electron chi connectivity index (χ3n) is 1.68. The summed E-state index contributed by atoms with van der Waals surface area (Å²) in [5.41, 5.74) is 0. The van der Waals surface area contributed by atoms with Crippen LogP contribution in [0.3, 0.4) is 0 Å². The van der Waals surface area contributed by atoms with Crippen molar-refractivity contribution in [3.8, 4) is 0 Å². The fourth-order valence-electron chi connectivity index (χ4n) is 0.938. The van der Waals surface area contributed by atoms with Crippen molar-refractivity contribution in [1.82, 2.24) is 0 Å². The molecule has 0 aliphatic heterocycles. The van der Waals surface area contributed by atoms with Crippen LogP contribution >= 0.6 is 0 Å². The zero-order valence-electron chi connectivity index (χ0n) is 5.88. The summed E-state index contributed by atoms with van der Waals surface area (Å²) in [6.45, 7) is 0.367. The molecule has 1 rings (SSSR count). The Bertz CT molecular complexity index is 118. The smallest absolute Gasteiger partial charge is 0.450 e. The first-order valence-corrected chi connectivity index (χ1v) is 3.65. The van der Waals surface area contributed by atoms with Crippen molar-refractivity contribution in [1.29, 1.82) is 0 Å². The van der Waals surface area contributed by atoms with Crippen LogP contribution in [0.15, 0.2) is 0 Å². The van der Waals surface area contributed by atoms with E-state index in [1.54, 1.807) is 0 Å². The molecule has 0 aromatic heterocycles. The lowest BCUT2D eigenvalue weighted by atomic mass is 10.2. The second-order valence-electron chi connectivity index (χ2n) is 2.70. The second kappa shape index (κ2) is 3.44. The molecule has 0 unspecified atom stereocenters. The van der Waals surface area contributed by atoms with Gasteiger partial charge >= 0.3 is 6.16 Å². The van der Waals surface area contributed by atoms with Crippen molar-refractivity contribution < 1.29 is 14.6 Å². The average Bonchev–Trinajstić information content (AvgIpc) is 2.62. The number of hydrogen-bond acceptors (Lipinski definition) is 2. The minimum atomic E-state index is -1.16. The molecule has 0 heterocycles. The van der Waals surface area contributed by atoms with Crippen LogP contribution < -0.4 is 0 Å². The first-order valence-electron chi connectivity index (χ1n) is 3.65. The van der Waals surface area contributed by atoms with Crippen LogP contribution in [0.4, 0.5) is 4.79 Å². The summed E-state index contributed by atoms with van der Waals surface area (Å²) < 4.78 is 4.34. The fraction of sp³-hybridized carbons (Fsp3) is 0.857. The summed E-state index contributed by atoms with van der Waals surface area (Å²) in [6, 6.07) is 0. The van der Waals surface area contributed by atoms with E-state index < -0.39 is 6.16 Å². The first kappa shape index (κ1) is 7.38. The largest absolute Gasteiger partial charge is 0.505 e. The standard InChI is InChI=1S/C7H12O3/c8-7(9)10-5-1-2-6-3-4-6/h6H,1-5H2,(H,8,9). The summed E-state index contributed by atoms with van der Waals surface area (Å²) in [5, 5.41) is 8.07. The number of hydrogen-bond donors (Lipinski definition) is 1. The monoisotopic (exact) mass is 144 g/mol. The molecule has 0 atom stereocenters. The van der Waals surface area contributed by atoms with E-state index >= 15 is 0 Å². The van der Waals surface area contributed by atoms with Gasteiger partial charge in [-0.1, -0.05) is 12.8 Å². The minimum Gasteiger partial charge on any atom is -0.450 e. The highest BCUT2D eigenvalue weighted by molar-refractivity contribution is 5.56. The molecule has 1 aliphatic rings. The average molecular weight is 144 g/mol. The molecule has 1 saturated carbocycles. The van der Waals surface area contributed by atoms with E-state index in [4.69, 9.17) is 5.11 Å².